The van der Waals surface area contributed by atoms with Gasteiger partial charge in [-0.05, 0) is 74.3 Å². The molecule has 1 aliphatic carbocycles. The van der Waals surface area contributed by atoms with E-state index in [-0.39, 0.29) is 36.3 Å². The topological polar surface area (TPSA) is 125 Å². The van der Waals surface area contributed by atoms with E-state index in [0.717, 1.165) is 6.07 Å². The van der Waals surface area contributed by atoms with Gasteiger partial charge in [-0.25, -0.2) is 8.78 Å². The van der Waals surface area contributed by atoms with E-state index in [9.17, 15) is 14.0 Å². The van der Waals surface area contributed by atoms with Crippen LogP contribution in [-0.4, -0.2) is 37.1 Å². The molecule has 0 bridgehead atoms. The predicted molar refractivity (Wildman–Crippen MR) is 164 cm³/mol. The molecule has 3 aromatic carbocycles. The minimum absolute atomic E-state index is 0. The van der Waals surface area contributed by atoms with Crippen LogP contribution in [0.1, 0.15) is 19.3 Å². The minimum Gasteiger partial charge on any atom is -0.493 e. The fraction of sp³-hybridized carbons (Fsp3) is 0.233. The molecule has 228 valence electrons. The molecule has 1 saturated carbocycles. The van der Waals surface area contributed by atoms with Crippen LogP contribution in [0.4, 0.5) is 20.2 Å². The van der Waals surface area contributed by atoms with Gasteiger partial charge in [0.1, 0.15) is 17.0 Å². The number of nitrogens with two attached hydrogens (primary N) is 1. The number of benzene rings is 3. The molecule has 4 N–H and O–H groups in total. The number of nitrogens with zero attached hydrogens (tertiary/aromatic N) is 1. The van der Waals surface area contributed by atoms with Gasteiger partial charge < -0.3 is 30.6 Å². The van der Waals surface area contributed by atoms with E-state index in [2.05, 4.69) is 15.6 Å². The van der Waals surface area contributed by atoms with Crippen LogP contribution in [0.2, 0.25) is 0 Å². The molecule has 1 aromatic heterocycles. The number of anilines is 2. The molecule has 5 rings (SSSR count). The summed E-state index contributed by atoms with van der Waals surface area (Å²) in [5, 5.41) is 5.84. The van der Waals surface area contributed by atoms with Crippen molar-refractivity contribution in [3.05, 3.63) is 78.5 Å². The van der Waals surface area contributed by atoms with Crippen LogP contribution in [0, 0.1) is 17.0 Å². The van der Waals surface area contributed by atoms with E-state index in [1.54, 1.807) is 18.2 Å². The maximum Gasteiger partial charge on any atom is 0.240 e. The van der Waals surface area contributed by atoms with Crippen molar-refractivity contribution >= 4 is 58.9 Å². The number of ether oxygens (including phenoxy) is 3. The third-order valence-corrected chi connectivity index (χ3v) is 6.72. The quantitative estimate of drug-likeness (QED) is 0.132. The van der Waals surface area contributed by atoms with Crippen LogP contribution in [0.25, 0.3) is 10.9 Å². The molecule has 1 heterocycles. The summed E-state index contributed by atoms with van der Waals surface area (Å²) in [5.41, 5.74) is 5.38. The number of rotatable bonds is 11. The van der Waals surface area contributed by atoms with E-state index in [1.807, 2.05) is 0 Å². The summed E-state index contributed by atoms with van der Waals surface area (Å²) in [7, 11) is 1.52. The number of methoxy groups -OCH3 is 1. The lowest BCUT2D eigenvalue weighted by Gasteiger charge is -2.16. The zero-order chi connectivity index (χ0) is 29.0. The van der Waals surface area contributed by atoms with Crippen LogP contribution in [0.15, 0.2) is 66.9 Å². The lowest BCUT2D eigenvalue weighted by molar-refractivity contribution is -0.131. The number of amides is 2. The van der Waals surface area contributed by atoms with Crippen LogP contribution in [0.3, 0.4) is 0 Å². The molecular formula is C30H30Cl2F2N4O5. The summed E-state index contributed by atoms with van der Waals surface area (Å²) in [6, 6.07) is 14.3. The Hall–Kier alpha value is -4.19. The molecule has 9 nitrogen and oxygen atoms in total. The summed E-state index contributed by atoms with van der Waals surface area (Å²) in [6.45, 7) is 0.873. The lowest BCUT2D eigenvalue weighted by atomic mass is 10.0. The summed E-state index contributed by atoms with van der Waals surface area (Å²) in [6.07, 6.45) is 2.87. The summed E-state index contributed by atoms with van der Waals surface area (Å²) in [5.74, 6) is -0.992. The molecule has 0 spiro atoms. The number of nitrogens with one attached hydrogen (secondary N) is 2. The molecule has 1 fully saturated rings. The van der Waals surface area contributed by atoms with Gasteiger partial charge in [0.15, 0.2) is 23.1 Å². The number of hydrogen-bond acceptors (Lipinski definition) is 7. The van der Waals surface area contributed by atoms with Gasteiger partial charge in [-0.3, -0.25) is 14.6 Å². The van der Waals surface area contributed by atoms with Crippen molar-refractivity contribution in [3.8, 4) is 23.0 Å². The Morgan fingerprint density at radius 3 is 2.19 bits per heavy atom. The van der Waals surface area contributed by atoms with Crippen molar-refractivity contribution in [1.29, 1.82) is 0 Å². The Kier molecular flexibility index (Phi) is 11.1. The monoisotopic (exact) mass is 634 g/mol. The first-order valence-electron chi connectivity index (χ1n) is 13.0. The van der Waals surface area contributed by atoms with Crippen molar-refractivity contribution in [3.63, 3.8) is 0 Å². The summed E-state index contributed by atoms with van der Waals surface area (Å²) < 4.78 is 45.4. The van der Waals surface area contributed by atoms with Gasteiger partial charge in [0.25, 0.3) is 0 Å². The molecule has 0 radical (unpaired) electrons. The maximum absolute atomic E-state index is 15.1. The van der Waals surface area contributed by atoms with Gasteiger partial charge in [0, 0.05) is 35.1 Å². The van der Waals surface area contributed by atoms with Crippen molar-refractivity contribution in [1.82, 2.24) is 4.98 Å². The van der Waals surface area contributed by atoms with E-state index < -0.39 is 28.9 Å². The fourth-order valence-electron chi connectivity index (χ4n) is 4.25. The molecular weight excluding hydrogens is 605 g/mol. The Balaban J connectivity index is 0.00000253. The highest BCUT2D eigenvalue weighted by molar-refractivity contribution is 6.16. The second-order valence-corrected chi connectivity index (χ2v) is 9.56. The van der Waals surface area contributed by atoms with Crippen LogP contribution in [0.5, 0.6) is 23.0 Å². The second-order valence-electron chi connectivity index (χ2n) is 9.56. The molecule has 43 heavy (non-hydrogen) atoms. The number of hydrogen-bond donors (Lipinski definition) is 3. The predicted octanol–water partition coefficient (Wildman–Crippen LogP) is 6.24. The van der Waals surface area contributed by atoms with Gasteiger partial charge in [-0.1, -0.05) is 0 Å². The number of aromatic nitrogens is 1. The standard InChI is InChI=1S/C30H28F2N4O5.2ClH/c1-39-26-17-23-21(16-27(26)40-14-2-12-33)24(9-13-34-23)41-25-8-7-20(15-22(25)32)36-29(38)30(10-11-30)28(37)35-19-5-3-18(31)4-6-19;;/h3-9,13,15-17H,2,10-12,14,33H2,1H3,(H,35,37)(H,36,38);2*1H. The Morgan fingerprint density at radius 1 is 0.884 bits per heavy atom. The average Bonchev–Trinajstić information content (AvgIpc) is 3.78. The van der Waals surface area contributed by atoms with Crippen LogP contribution in [-0.2, 0) is 9.59 Å². The molecule has 0 unspecified atom stereocenters. The molecule has 1 aliphatic rings. The number of pyridine rings is 1. The molecule has 0 atom stereocenters. The van der Waals surface area contributed by atoms with E-state index >= 15 is 4.39 Å². The molecule has 2 amide bonds. The highest BCUT2D eigenvalue weighted by Gasteiger charge is 2.56. The first-order valence-corrected chi connectivity index (χ1v) is 13.0. The van der Waals surface area contributed by atoms with E-state index in [4.69, 9.17) is 19.9 Å². The Morgan fingerprint density at radius 2 is 1.56 bits per heavy atom. The van der Waals surface area contributed by atoms with Crippen molar-refractivity contribution in [2.75, 3.05) is 30.9 Å². The number of carbonyl (C=O) groups excluding carboxylic acids is 2. The Bertz CT molecular complexity index is 1600. The first-order chi connectivity index (χ1) is 19.8. The molecule has 0 aliphatic heterocycles. The van der Waals surface area contributed by atoms with Crippen molar-refractivity contribution in [2.45, 2.75) is 19.3 Å². The molecule has 4 aromatic rings. The summed E-state index contributed by atoms with van der Waals surface area (Å²) >= 11 is 0. The third-order valence-electron chi connectivity index (χ3n) is 6.72. The second kappa shape index (κ2) is 14.3. The number of carbonyl (C=O) groups is 2. The molecule has 0 saturated heterocycles. The normalized spacial score (nSPS) is 12.7. The third kappa shape index (κ3) is 7.42. The lowest BCUT2D eigenvalue weighted by Crippen LogP contribution is -2.35. The van der Waals surface area contributed by atoms with E-state index in [1.165, 1.54) is 49.7 Å². The van der Waals surface area contributed by atoms with E-state index in [0.29, 0.717) is 66.3 Å². The van der Waals surface area contributed by atoms with Crippen molar-refractivity contribution in [2.24, 2.45) is 11.1 Å². The number of halogens is 4. The first kappa shape index (κ1) is 33.3. The minimum atomic E-state index is -1.28. The Labute approximate surface area is 258 Å². The zero-order valence-corrected chi connectivity index (χ0v) is 24.7. The average molecular weight is 635 g/mol. The number of fused-ring (bicyclic) bond motifs is 1. The summed E-state index contributed by atoms with van der Waals surface area (Å²) in [4.78, 5) is 30.1. The highest BCUT2D eigenvalue weighted by Crippen LogP contribution is 2.47. The zero-order valence-electron chi connectivity index (χ0n) is 23.0. The molecule has 13 heteroatoms. The fourth-order valence-corrected chi connectivity index (χ4v) is 4.25. The largest absolute Gasteiger partial charge is 0.493 e. The van der Waals surface area contributed by atoms with Crippen molar-refractivity contribution < 1.29 is 32.6 Å². The smallest absolute Gasteiger partial charge is 0.240 e. The van der Waals surface area contributed by atoms with Gasteiger partial charge in [0.2, 0.25) is 11.8 Å². The van der Waals surface area contributed by atoms with Crippen LogP contribution < -0.4 is 30.6 Å². The maximum atomic E-state index is 15.1. The highest BCUT2D eigenvalue weighted by atomic mass is 35.5. The van der Waals surface area contributed by atoms with Crippen LogP contribution >= 0.6 is 24.8 Å². The van der Waals surface area contributed by atoms with Gasteiger partial charge >= 0.3 is 0 Å². The van der Waals surface area contributed by atoms with Gasteiger partial charge in [0.05, 0.1) is 19.2 Å². The van der Waals surface area contributed by atoms with Gasteiger partial charge in [-0.2, -0.15) is 0 Å². The van der Waals surface area contributed by atoms with Gasteiger partial charge in [-0.15, -0.1) is 24.8 Å². The SMILES string of the molecule is COc1cc2nccc(Oc3ccc(NC(=O)C4(C(=O)Nc5ccc(F)cc5)CC4)cc3F)c2cc1OCCCN.Cl.Cl.